The van der Waals surface area contributed by atoms with Gasteiger partial charge in [-0.2, -0.15) is 11.3 Å². The maximum atomic E-state index is 13.1. The van der Waals surface area contributed by atoms with Crippen molar-refractivity contribution in [2.75, 3.05) is 53.0 Å². The fourth-order valence-electron chi connectivity index (χ4n) is 4.42. The van der Waals surface area contributed by atoms with Crippen LogP contribution in [0.15, 0.2) is 41.1 Å². The van der Waals surface area contributed by atoms with Crippen LogP contribution in [0.5, 0.6) is 5.75 Å². The average molecular weight is 444 g/mol. The number of carbonyl (C=O) groups excluding carboxylic acids is 1. The fraction of sp³-hybridized carbons (Fsp3) is 0.542. The summed E-state index contributed by atoms with van der Waals surface area (Å²) in [5.74, 6) is 1.08. The number of benzene rings is 1. The van der Waals surface area contributed by atoms with Gasteiger partial charge >= 0.3 is 0 Å². The van der Waals surface area contributed by atoms with E-state index in [0.29, 0.717) is 13.1 Å². The highest BCUT2D eigenvalue weighted by molar-refractivity contribution is 7.07. The summed E-state index contributed by atoms with van der Waals surface area (Å²) in [6.45, 7) is 7.15. The summed E-state index contributed by atoms with van der Waals surface area (Å²) in [4.78, 5) is 19.8. The first-order chi connectivity index (χ1) is 15.2. The minimum absolute atomic E-state index is 0.211. The van der Waals surface area contributed by atoms with Crippen LogP contribution in [0.1, 0.15) is 24.0 Å². The Morgan fingerprint density at radius 2 is 2.06 bits per heavy atom. The second-order valence-electron chi connectivity index (χ2n) is 8.41. The maximum Gasteiger partial charge on any atom is 0.236 e. The number of para-hydroxylation sites is 1. The highest BCUT2D eigenvalue weighted by Gasteiger charge is 2.26. The van der Waals surface area contributed by atoms with Gasteiger partial charge in [-0.3, -0.25) is 14.6 Å². The highest BCUT2D eigenvalue weighted by atomic mass is 32.1. The van der Waals surface area contributed by atoms with Gasteiger partial charge < -0.3 is 14.4 Å². The largest absolute Gasteiger partial charge is 0.496 e. The van der Waals surface area contributed by atoms with Crippen LogP contribution in [-0.4, -0.2) is 79.7 Å². The number of carbonyl (C=O) groups is 1. The van der Waals surface area contributed by atoms with Gasteiger partial charge in [-0.25, -0.2) is 0 Å². The van der Waals surface area contributed by atoms with Crippen molar-refractivity contribution in [2.24, 2.45) is 0 Å². The van der Waals surface area contributed by atoms with Crippen LogP contribution in [0.4, 0.5) is 0 Å². The third-order valence-electron chi connectivity index (χ3n) is 6.14. The third kappa shape index (κ3) is 6.29. The summed E-state index contributed by atoms with van der Waals surface area (Å²) in [7, 11) is 1.70. The molecule has 168 valence electrons. The first kappa shape index (κ1) is 22.3. The Hall–Kier alpha value is -1.93. The van der Waals surface area contributed by atoms with E-state index in [1.165, 1.54) is 5.56 Å². The zero-order chi connectivity index (χ0) is 21.5. The summed E-state index contributed by atoms with van der Waals surface area (Å²) in [5.41, 5.74) is 2.47. The number of piperazine rings is 1. The van der Waals surface area contributed by atoms with E-state index in [0.717, 1.165) is 70.0 Å². The SMILES string of the molecule is COc1ccccc1CN(CC(=O)N1CCN(Cc2ccsc2)CC1)CC1CCCO1. The first-order valence-corrected chi connectivity index (χ1v) is 12.1. The number of nitrogens with zero attached hydrogens (tertiary/aromatic N) is 3. The van der Waals surface area contributed by atoms with Gasteiger partial charge in [0.1, 0.15) is 5.75 Å². The molecule has 1 atom stereocenters. The second kappa shape index (κ2) is 11.1. The maximum absolute atomic E-state index is 13.1. The van der Waals surface area contributed by atoms with E-state index in [1.807, 2.05) is 23.1 Å². The van der Waals surface area contributed by atoms with Gasteiger partial charge in [-0.15, -0.1) is 0 Å². The molecule has 2 aliphatic rings. The molecular weight excluding hydrogens is 410 g/mol. The van der Waals surface area contributed by atoms with Gasteiger partial charge in [0.2, 0.25) is 5.91 Å². The van der Waals surface area contributed by atoms with Gasteiger partial charge in [0.15, 0.2) is 0 Å². The molecule has 2 aliphatic heterocycles. The number of methoxy groups -OCH3 is 1. The zero-order valence-corrected chi connectivity index (χ0v) is 19.2. The van der Waals surface area contributed by atoms with E-state index in [2.05, 4.69) is 32.7 Å². The molecule has 31 heavy (non-hydrogen) atoms. The number of ether oxygens (including phenoxy) is 2. The lowest BCUT2D eigenvalue weighted by Crippen LogP contribution is -2.51. The molecule has 1 amide bonds. The third-order valence-corrected chi connectivity index (χ3v) is 6.87. The summed E-state index contributed by atoms with van der Waals surface area (Å²) in [6.07, 6.45) is 2.38. The van der Waals surface area contributed by atoms with E-state index in [9.17, 15) is 4.79 Å². The molecule has 1 unspecified atom stereocenters. The van der Waals surface area contributed by atoms with Crippen LogP contribution in [0.25, 0.3) is 0 Å². The van der Waals surface area contributed by atoms with Gasteiger partial charge in [0.05, 0.1) is 19.8 Å². The Labute approximate surface area is 189 Å². The summed E-state index contributed by atoms with van der Waals surface area (Å²) in [6, 6.07) is 10.2. The minimum atomic E-state index is 0.211. The van der Waals surface area contributed by atoms with E-state index < -0.39 is 0 Å². The smallest absolute Gasteiger partial charge is 0.236 e. The van der Waals surface area contributed by atoms with Crippen LogP contribution < -0.4 is 4.74 Å². The van der Waals surface area contributed by atoms with Crippen LogP contribution in [0, 0.1) is 0 Å². The molecule has 0 spiro atoms. The molecule has 0 aliphatic carbocycles. The van der Waals surface area contributed by atoms with Gasteiger partial charge in [0, 0.05) is 58.0 Å². The first-order valence-electron chi connectivity index (χ1n) is 11.2. The van der Waals surface area contributed by atoms with E-state index in [1.54, 1.807) is 18.4 Å². The number of amides is 1. The molecule has 0 bridgehead atoms. The van der Waals surface area contributed by atoms with Crippen molar-refractivity contribution < 1.29 is 14.3 Å². The molecule has 2 aromatic rings. The predicted molar refractivity (Wildman–Crippen MR) is 123 cm³/mol. The van der Waals surface area contributed by atoms with E-state index in [-0.39, 0.29) is 12.0 Å². The van der Waals surface area contributed by atoms with Crippen molar-refractivity contribution in [1.29, 1.82) is 0 Å². The topological polar surface area (TPSA) is 45.2 Å². The summed E-state index contributed by atoms with van der Waals surface area (Å²) < 4.78 is 11.4. The van der Waals surface area contributed by atoms with Crippen molar-refractivity contribution in [3.8, 4) is 5.75 Å². The quantitative estimate of drug-likeness (QED) is 0.596. The molecule has 3 heterocycles. The Morgan fingerprint density at radius 1 is 1.23 bits per heavy atom. The molecule has 4 rings (SSSR count). The molecule has 0 saturated carbocycles. The lowest BCUT2D eigenvalue weighted by Gasteiger charge is -2.36. The molecule has 1 aromatic carbocycles. The molecule has 6 nitrogen and oxygen atoms in total. The van der Waals surface area contributed by atoms with E-state index in [4.69, 9.17) is 9.47 Å². The van der Waals surface area contributed by atoms with Crippen molar-refractivity contribution in [3.63, 3.8) is 0 Å². The molecule has 2 saturated heterocycles. The Balaban J connectivity index is 1.34. The van der Waals surface area contributed by atoms with Crippen molar-refractivity contribution >= 4 is 17.2 Å². The number of hydrogen-bond donors (Lipinski definition) is 0. The van der Waals surface area contributed by atoms with Crippen molar-refractivity contribution in [2.45, 2.75) is 32.0 Å². The number of hydrogen-bond acceptors (Lipinski definition) is 6. The van der Waals surface area contributed by atoms with Crippen molar-refractivity contribution in [3.05, 3.63) is 52.2 Å². The normalized spacial score (nSPS) is 19.8. The van der Waals surface area contributed by atoms with Crippen LogP contribution in [-0.2, 0) is 22.6 Å². The van der Waals surface area contributed by atoms with Crippen molar-refractivity contribution in [1.82, 2.24) is 14.7 Å². The van der Waals surface area contributed by atoms with Crippen LogP contribution in [0.3, 0.4) is 0 Å². The number of thiophene rings is 1. The zero-order valence-electron chi connectivity index (χ0n) is 18.4. The summed E-state index contributed by atoms with van der Waals surface area (Å²) in [5, 5.41) is 4.33. The van der Waals surface area contributed by atoms with Gasteiger partial charge in [0.25, 0.3) is 0 Å². The monoisotopic (exact) mass is 443 g/mol. The Bertz CT molecular complexity index is 815. The molecule has 2 fully saturated rings. The van der Waals surface area contributed by atoms with Gasteiger partial charge in [-0.1, -0.05) is 18.2 Å². The molecular formula is C24H33N3O3S. The Kier molecular flexibility index (Phi) is 7.97. The predicted octanol–water partition coefficient (Wildman–Crippen LogP) is 3.08. The second-order valence-corrected chi connectivity index (χ2v) is 9.19. The highest BCUT2D eigenvalue weighted by Crippen LogP contribution is 2.21. The van der Waals surface area contributed by atoms with E-state index >= 15 is 0 Å². The van der Waals surface area contributed by atoms with Gasteiger partial charge in [-0.05, 0) is 41.3 Å². The van der Waals surface area contributed by atoms with Crippen LogP contribution in [0.2, 0.25) is 0 Å². The Morgan fingerprint density at radius 3 is 2.77 bits per heavy atom. The van der Waals surface area contributed by atoms with Crippen LogP contribution >= 0.6 is 11.3 Å². The molecule has 0 radical (unpaired) electrons. The fourth-order valence-corrected chi connectivity index (χ4v) is 5.08. The molecule has 1 aromatic heterocycles. The molecule has 7 heteroatoms. The standard InChI is InChI=1S/C24H33N3O3S/c1-29-23-7-3-2-5-21(23)16-26(17-22-6-4-13-30-22)18-24(28)27-11-9-25(10-12-27)15-20-8-14-31-19-20/h2-3,5,7-8,14,19,22H,4,6,9-13,15-18H2,1H3. The molecule has 0 N–H and O–H groups in total. The summed E-state index contributed by atoms with van der Waals surface area (Å²) >= 11 is 1.74. The number of rotatable bonds is 9. The average Bonchev–Trinajstić information content (AvgIpc) is 3.49. The lowest BCUT2D eigenvalue weighted by atomic mass is 10.1. The lowest BCUT2D eigenvalue weighted by molar-refractivity contribution is -0.134. The minimum Gasteiger partial charge on any atom is -0.496 e.